The third-order valence-corrected chi connectivity index (χ3v) is 3.55. The molecule has 0 radical (unpaired) electrons. The molecular formula is C9H11NO2S. The Morgan fingerprint density at radius 3 is 3.31 bits per heavy atom. The molecule has 1 unspecified atom stereocenters. The summed E-state index contributed by atoms with van der Waals surface area (Å²) in [5.74, 6) is 2.08. The molecule has 1 aliphatic heterocycles. The average Bonchev–Trinajstić information content (AvgIpc) is 2.76. The van der Waals surface area contributed by atoms with Crippen molar-refractivity contribution in [3.8, 4) is 0 Å². The van der Waals surface area contributed by atoms with Crippen LogP contribution in [0.3, 0.4) is 0 Å². The number of thioether (sulfide) groups is 1. The molecule has 4 heteroatoms. The van der Waals surface area contributed by atoms with Crippen molar-refractivity contribution in [1.29, 1.82) is 0 Å². The second-order valence-electron chi connectivity index (χ2n) is 3.18. The third-order valence-electron chi connectivity index (χ3n) is 2.15. The summed E-state index contributed by atoms with van der Waals surface area (Å²) in [5, 5.41) is 4.28. The van der Waals surface area contributed by atoms with E-state index >= 15 is 0 Å². The molecule has 1 aromatic heterocycles. The zero-order valence-corrected chi connectivity index (χ0v) is 8.05. The molecule has 0 N–H and O–H groups in total. The standard InChI is InChI=1S/C9H11NO2S/c11-6-7-4-8(12-10-7)5-9-2-1-3-13-9/h4,6,9H,1-3,5H2. The zero-order chi connectivity index (χ0) is 9.10. The van der Waals surface area contributed by atoms with Gasteiger partial charge < -0.3 is 4.52 Å². The maximum absolute atomic E-state index is 10.3. The highest BCUT2D eigenvalue weighted by Gasteiger charge is 2.18. The smallest absolute Gasteiger partial charge is 0.171 e. The van der Waals surface area contributed by atoms with Crippen LogP contribution in [0.25, 0.3) is 0 Å². The van der Waals surface area contributed by atoms with Gasteiger partial charge in [0.05, 0.1) is 0 Å². The van der Waals surface area contributed by atoms with E-state index in [1.165, 1.54) is 18.6 Å². The molecule has 3 nitrogen and oxygen atoms in total. The van der Waals surface area contributed by atoms with Crippen LogP contribution < -0.4 is 0 Å². The lowest BCUT2D eigenvalue weighted by Crippen LogP contribution is -2.00. The summed E-state index contributed by atoms with van der Waals surface area (Å²) in [6.07, 6.45) is 4.17. The van der Waals surface area contributed by atoms with Crippen LogP contribution in [0.1, 0.15) is 29.1 Å². The highest BCUT2D eigenvalue weighted by Crippen LogP contribution is 2.28. The first-order valence-corrected chi connectivity index (χ1v) is 5.46. The van der Waals surface area contributed by atoms with Crippen molar-refractivity contribution in [3.63, 3.8) is 0 Å². The van der Waals surface area contributed by atoms with Crippen LogP contribution in [0.5, 0.6) is 0 Å². The molecule has 13 heavy (non-hydrogen) atoms. The molecule has 1 fully saturated rings. The lowest BCUT2D eigenvalue weighted by atomic mass is 10.1. The van der Waals surface area contributed by atoms with Gasteiger partial charge in [0, 0.05) is 17.7 Å². The van der Waals surface area contributed by atoms with Gasteiger partial charge in [0.15, 0.2) is 6.29 Å². The Bertz CT molecular complexity index is 292. The van der Waals surface area contributed by atoms with Crippen molar-refractivity contribution in [2.45, 2.75) is 24.5 Å². The highest BCUT2D eigenvalue weighted by molar-refractivity contribution is 8.00. The van der Waals surface area contributed by atoms with Gasteiger partial charge in [-0.2, -0.15) is 11.8 Å². The van der Waals surface area contributed by atoms with Crippen LogP contribution in [0, 0.1) is 0 Å². The number of hydrogen-bond donors (Lipinski definition) is 0. The average molecular weight is 197 g/mol. The van der Waals surface area contributed by atoms with Crippen molar-refractivity contribution >= 4 is 18.0 Å². The van der Waals surface area contributed by atoms with Crippen LogP contribution in [-0.4, -0.2) is 22.4 Å². The van der Waals surface area contributed by atoms with E-state index in [1.807, 2.05) is 11.8 Å². The van der Waals surface area contributed by atoms with Crippen LogP contribution in [-0.2, 0) is 6.42 Å². The van der Waals surface area contributed by atoms with Gasteiger partial charge in [-0.25, -0.2) is 0 Å². The number of nitrogens with zero attached hydrogens (tertiary/aromatic N) is 1. The monoisotopic (exact) mass is 197 g/mol. The van der Waals surface area contributed by atoms with Crippen LogP contribution in [0.4, 0.5) is 0 Å². The molecule has 2 heterocycles. The quantitative estimate of drug-likeness (QED) is 0.694. The maximum Gasteiger partial charge on any atom is 0.171 e. The Kier molecular flexibility index (Phi) is 2.68. The minimum absolute atomic E-state index is 0.401. The van der Waals surface area contributed by atoms with E-state index in [2.05, 4.69) is 5.16 Å². The molecule has 1 atom stereocenters. The Hall–Kier alpha value is -0.770. The number of carbonyl (C=O) groups is 1. The molecule has 0 bridgehead atoms. The Labute approximate surface area is 80.9 Å². The minimum Gasteiger partial charge on any atom is -0.361 e. The lowest BCUT2D eigenvalue weighted by molar-refractivity contribution is 0.111. The fourth-order valence-electron chi connectivity index (χ4n) is 1.51. The van der Waals surface area contributed by atoms with E-state index in [4.69, 9.17) is 4.52 Å². The number of carbonyl (C=O) groups excluding carboxylic acids is 1. The predicted octanol–water partition coefficient (Wildman–Crippen LogP) is 1.93. The van der Waals surface area contributed by atoms with Gasteiger partial charge in [0.25, 0.3) is 0 Å². The van der Waals surface area contributed by atoms with E-state index in [0.717, 1.165) is 18.5 Å². The molecule has 0 aromatic carbocycles. The largest absolute Gasteiger partial charge is 0.361 e. The first-order chi connectivity index (χ1) is 6.38. The van der Waals surface area contributed by atoms with Crippen molar-refractivity contribution in [3.05, 3.63) is 17.5 Å². The molecule has 0 saturated carbocycles. The van der Waals surface area contributed by atoms with Crippen molar-refractivity contribution in [2.24, 2.45) is 0 Å². The SMILES string of the molecule is O=Cc1cc(CC2CCCS2)on1. The molecule has 0 amide bonds. The Morgan fingerprint density at radius 2 is 2.69 bits per heavy atom. The summed E-state index contributed by atoms with van der Waals surface area (Å²) in [6.45, 7) is 0. The maximum atomic E-state index is 10.3. The normalized spacial score (nSPS) is 22.0. The van der Waals surface area contributed by atoms with Crippen LogP contribution in [0.15, 0.2) is 10.6 Å². The second kappa shape index (κ2) is 3.96. The highest BCUT2D eigenvalue weighted by atomic mass is 32.2. The van der Waals surface area contributed by atoms with E-state index in [9.17, 15) is 4.79 Å². The zero-order valence-electron chi connectivity index (χ0n) is 7.23. The summed E-state index contributed by atoms with van der Waals surface area (Å²) in [6, 6.07) is 1.73. The van der Waals surface area contributed by atoms with Gasteiger partial charge in [-0.1, -0.05) is 5.16 Å². The summed E-state index contributed by atoms with van der Waals surface area (Å²) >= 11 is 1.98. The van der Waals surface area contributed by atoms with Gasteiger partial charge in [-0.05, 0) is 18.6 Å². The first kappa shape index (κ1) is 8.81. The van der Waals surface area contributed by atoms with Crippen molar-refractivity contribution in [2.75, 3.05) is 5.75 Å². The van der Waals surface area contributed by atoms with Gasteiger partial charge in [0.1, 0.15) is 11.5 Å². The fraction of sp³-hybridized carbons (Fsp3) is 0.556. The Morgan fingerprint density at radius 1 is 1.77 bits per heavy atom. The van der Waals surface area contributed by atoms with E-state index in [0.29, 0.717) is 10.9 Å². The molecule has 0 spiro atoms. The predicted molar refractivity (Wildman–Crippen MR) is 51.1 cm³/mol. The molecular weight excluding hydrogens is 186 g/mol. The van der Waals surface area contributed by atoms with Gasteiger partial charge in [-0.3, -0.25) is 4.79 Å². The second-order valence-corrected chi connectivity index (χ2v) is 4.58. The minimum atomic E-state index is 0.401. The van der Waals surface area contributed by atoms with Crippen molar-refractivity contribution in [1.82, 2.24) is 5.16 Å². The van der Waals surface area contributed by atoms with E-state index in [-0.39, 0.29) is 0 Å². The summed E-state index contributed by atoms with van der Waals surface area (Å²) < 4.78 is 5.02. The summed E-state index contributed by atoms with van der Waals surface area (Å²) in [4.78, 5) is 10.3. The van der Waals surface area contributed by atoms with Crippen LogP contribution in [0.2, 0.25) is 0 Å². The van der Waals surface area contributed by atoms with Crippen molar-refractivity contribution < 1.29 is 9.32 Å². The topological polar surface area (TPSA) is 43.1 Å². The molecule has 1 aliphatic rings. The summed E-state index contributed by atoms with van der Waals surface area (Å²) in [5.41, 5.74) is 0.401. The van der Waals surface area contributed by atoms with E-state index < -0.39 is 0 Å². The Balaban J connectivity index is 1.96. The van der Waals surface area contributed by atoms with Crippen LogP contribution >= 0.6 is 11.8 Å². The number of hydrogen-bond acceptors (Lipinski definition) is 4. The molecule has 0 aliphatic carbocycles. The van der Waals surface area contributed by atoms with Gasteiger partial charge in [0.2, 0.25) is 0 Å². The molecule has 70 valence electrons. The van der Waals surface area contributed by atoms with Gasteiger partial charge in [-0.15, -0.1) is 0 Å². The number of aromatic nitrogens is 1. The number of rotatable bonds is 3. The lowest BCUT2D eigenvalue weighted by Gasteiger charge is -2.02. The fourth-order valence-corrected chi connectivity index (χ4v) is 2.79. The number of aldehydes is 1. The van der Waals surface area contributed by atoms with Gasteiger partial charge >= 0.3 is 0 Å². The molecule has 1 saturated heterocycles. The molecule has 2 rings (SSSR count). The summed E-state index contributed by atoms with van der Waals surface area (Å²) in [7, 11) is 0. The first-order valence-electron chi connectivity index (χ1n) is 4.41. The van der Waals surface area contributed by atoms with E-state index in [1.54, 1.807) is 6.07 Å². The molecule has 1 aromatic rings. The third kappa shape index (κ3) is 2.12.